The third-order valence-corrected chi connectivity index (χ3v) is 2.54. The van der Waals surface area contributed by atoms with E-state index in [1.807, 2.05) is 45.0 Å². The van der Waals surface area contributed by atoms with E-state index in [1.165, 1.54) is 6.20 Å². The van der Waals surface area contributed by atoms with Crippen LogP contribution in [-0.4, -0.2) is 25.0 Å². The molecule has 0 radical (unpaired) electrons. The Bertz CT molecular complexity index is 543. The number of nitrogens with one attached hydrogen (secondary N) is 1. The smallest absolute Gasteiger partial charge is 0.407 e. The van der Waals surface area contributed by atoms with Gasteiger partial charge in [0.2, 0.25) is 0 Å². The van der Waals surface area contributed by atoms with Crippen LogP contribution in [0.15, 0.2) is 35.5 Å². The van der Waals surface area contributed by atoms with Crippen molar-refractivity contribution in [2.24, 2.45) is 10.7 Å². The number of nitrogens with zero attached hydrogens (tertiary/aromatic N) is 1. The van der Waals surface area contributed by atoms with Gasteiger partial charge >= 0.3 is 6.09 Å². The number of benzene rings is 1. The van der Waals surface area contributed by atoms with E-state index in [9.17, 15) is 4.79 Å². The van der Waals surface area contributed by atoms with Crippen molar-refractivity contribution in [2.75, 3.05) is 7.05 Å². The Morgan fingerprint density at radius 2 is 2.14 bits per heavy atom. The molecule has 1 amide bonds. The minimum absolute atomic E-state index is 0.393. The summed E-state index contributed by atoms with van der Waals surface area (Å²) in [5, 5.41) is 2.73. The van der Waals surface area contributed by atoms with Crippen LogP contribution in [0.2, 0.25) is 0 Å². The minimum Gasteiger partial charge on any atom is -0.444 e. The maximum atomic E-state index is 11.6. The topological polar surface area (TPSA) is 76.7 Å². The maximum absolute atomic E-state index is 11.6. The van der Waals surface area contributed by atoms with Gasteiger partial charge in [0.05, 0.1) is 0 Å². The van der Waals surface area contributed by atoms with Gasteiger partial charge in [0, 0.05) is 31.6 Å². The van der Waals surface area contributed by atoms with Gasteiger partial charge < -0.3 is 15.8 Å². The average molecular weight is 289 g/mol. The lowest BCUT2D eigenvalue weighted by molar-refractivity contribution is 0.0523. The molecule has 0 spiro atoms. The number of amides is 1. The number of nitrogens with two attached hydrogens (primary N) is 1. The van der Waals surface area contributed by atoms with Crippen LogP contribution < -0.4 is 11.1 Å². The van der Waals surface area contributed by atoms with Crippen molar-refractivity contribution in [3.63, 3.8) is 0 Å². The molecule has 0 saturated heterocycles. The standard InChI is InChI=1S/C16H23N3O2/c1-16(2,3)21-15(20)19-10-12-6-5-7-13(8-12)14(9-17)11-18-4/h5-9,11H,10,17H2,1-4H3,(H,19,20)/b14-9+,18-11?. The third-order valence-electron chi connectivity index (χ3n) is 2.54. The van der Waals surface area contributed by atoms with E-state index in [-0.39, 0.29) is 0 Å². The van der Waals surface area contributed by atoms with Gasteiger partial charge in [-0.1, -0.05) is 18.2 Å². The lowest BCUT2D eigenvalue weighted by Crippen LogP contribution is -2.32. The molecule has 0 bridgehead atoms. The normalized spacial score (nSPS) is 12.5. The second kappa shape index (κ2) is 7.47. The van der Waals surface area contributed by atoms with E-state index >= 15 is 0 Å². The molecule has 0 aliphatic carbocycles. The maximum Gasteiger partial charge on any atom is 0.407 e. The van der Waals surface area contributed by atoms with Crippen molar-refractivity contribution in [3.05, 3.63) is 41.6 Å². The molecule has 0 fully saturated rings. The molecule has 5 nitrogen and oxygen atoms in total. The highest BCUT2D eigenvalue weighted by molar-refractivity contribution is 6.09. The van der Waals surface area contributed by atoms with Crippen LogP contribution in [-0.2, 0) is 11.3 Å². The molecule has 1 aromatic rings. The summed E-state index contributed by atoms with van der Waals surface area (Å²) in [6, 6.07) is 7.74. The number of hydrogen-bond acceptors (Lipinski definition) is 4. The zero-order chi connectivity index (χ0) is 15.9. The Morgan fingerprint density at radius 3 is 2.71 bits per heavy atom. The van der Waals surface area contributed by atoms with Crippen molar-refractivity contribution < 1.29 is 9.53 Å². The summed E-state index contributed by atoms with van der Waals surface area (Å²) < 4.78 is 5.19. The molecule has 0 aliphatic heterocycles. The SMILES string of the molecule is CN=C/C(=C\N)c1cccc(CNC(=O)OC(C)(C)C)c1. The molecule has 0 saturated carbocycles. The van der Waals surface area contributed by atoms with Gasteiger partial charge in [-0.15, -0.1) is 0 Å². The first-order chi connectivity index (χ1) is 9.85. The number of allylic oxidation sites excluding steroid dienone is 1. The highest BCUT2D eigenvalue weighted by Crippen LogP contribution is 2.14. The van der Waals surface area contributed by atoms with Crippen molar-refractivity contribution in [1.82, 2.24) is 5.32 Å². The van der Waals surface area contributed by atoms with Crippen LogP contribution >= 0.6 is 0 Å². The fourth-order valence-corrected chi connectivity index (χ4v) is 1.70. The van der Waals surface area contributed by atoms with E-state index < -0.39 is 11.7 Å². The molecule has 1 aromatic carbocycles. The van der Waals surface area contributed by atoms with Crippen molar-refractivity contribution in [1.29, 1.82) is 0 Å². The second-order valence-electron chi connectivity index (χ2n) is 5.57. The Morgan fingerprint density at radius 1 is 1.43 bits per heavy atom. The number of alkyl carbamates (subject to hydrolysis) is 1. The Hall–Kier alpha value is -2.30. The van der Waals surface area contributed by atoms with Crippen LogP contribution in [0.5, 0.6) is 0 Å². The van der Waals surface area contributed by atoms with Gasteiger partial charge in [0.25, 0.3) is 0 Å². The van der Waals surface area contributed by atoms with Crippen molar-refractivity contribution in [3.8, 4) is 0 Å². The van der Waals surface area contributed by atoms with Crippen molar-refractivity contribution >= 4 is 17.9 Å². The molecule has 3 N–H and O–H groups in total. The predicted molar refractivity (Wildman–Crippen MR) is 86.1 cm³/mol. The monoisotopic (exact) mass is 289 g/mol. The Labute approximate surface area is 125 Å². The molecule has 114 valence electrons. The highest BCUT2D eigenvalue weighted by atomic mass is 16.6. The number of ether oxygens (including phenoxy) is 1. The van der Waals surface area contributed by atoms with Crippen LogP contribution in [0.25, 0.3) is 5.57 Å². The summed E-state index contributed by atoms with van der Waals surface area (Å²) in [5.41, 5.74) is 7.83. The Balaban J connectivity index is 2.71. The molecule has 5 heteroatoms. The number of hydrogen-bond donors (Lipinski definition) is 2. The second-order valence-corrected chi connectivity index (χ2v) is 5.57. The first kappa shape index (κ1) is 16.8. The summed E-state index contributed by atoms with van der Waals surface area (Å²) in [6.07, 6.45) is 2.77. The predicted octanol–water partition coefficient (Wildman–Crippen LogP) is 2.71. The van der Waals surface area contributed by atoms with E-state index in [4.69, 9.17) is 10.5 Å². The quantitative estimate of drug-likeness (QED) is 0.837. The van der Waals surface area contributed by atoms with Crippen LogP contribution in [0.1, 0.15) is 31.9 Å². The molecule has 0 unspecified atom stereocenters. The van der Waals surface area contributed by atoms with E-state index in [2.05, 4.69) is 10.3 Å². The zero-order valence-electron chi connectivity index (χ0n) is 13.0. The summed E-state index contributed by atoms with van der Waals surface area (Å²) in [4.78, 5) is 15.6. The molecule has 0 heterocycles. The molecular formula is C16H23N3O2. The lowest BCUT2D eigenvalue weighted by Gasteiger charge is -2.19. The number of carbonyl (C=O) groups is 1. The van der Waals surface area contributed by atoms with Gasteiger partial charge in [0.1, 0.15) is 5.60 Å². The van der Waals surface area contributed by atoms with E-state index in [1.54, 1.807) is 13.3 Å². The van der Waals surface area contributed by atoms with Gasteiger partial charge in [-0.2, -0.15) is 0 Å². The summed E-state index contributed by atoms with van der Waals surface area (Å²) in [7, 11) is 1.69. The van der Waals surface area contributed by atoms with E-state index in [0.29, 0.717) is 6.54 Å². The molecule has 21 heavy (non-hydrogen) atoms. The van der Waals surface area contributed by atoms with E-state index in [0.717, 1.165) is 16.7 Å². The van der Waals surface area contributed by atoms with Crippen molar-refractivity contribution in [2.45, 2.75) is 32.9 Å². The van der Waals surface area contributed by atoms with Gasteiger partial charge in [0.15, 0.2) is 0 Å². The minimum atomic E-state index is -0.501. The average Bonchev–Trinajstić information content (AvgIpc) is 2.41. The van der Waals surface area contributed by atoms with Gasteiger partial charge in [-0.3, -0.25) is 4.99 Å². The van der Waals surface area contributed by atoms with Crippen LogP contribution in [0, 0.1) is 0 Å². The molecule has 0 aromatic heterocycles. The fraction of sp³-hybridized carbons (Fsp3) is 0.375. The summed E-state index contributed by atoms with van der Waals surface area (Å²) in [5.74, 6) is 0. The first-order valence-corrected chi connectivity index (χ1v) is 6.76. The van der Waals surface area contributed by atoms with Gasteiger partial charge in [-0.05, 0) is 38.0 Å². The largest absolute Gasteiger partial charge is 0.444 e. The molecule has 0 atom stereocenters. The molecule has 0 aliphatic rings. The molecular weight excluding hydrogens is 266 g/mol. The zero-order valence-corrected chi connectivity index (χ0v) is 13.0. The number of carbonyl (C=O) groups excluding carboxylic acids is 1. The fourth-order valence-electron chi connectivity index (χ4n) is 1.70. The number of aliphatic imine (C=N–C) groups is 1. The lowest BCUT2D eigenvalue weighted by atomic mass is 10.0. The Kier molecular flexibility index (Phi) is 5.96. The van der Waals surface area contributed by atoms with Crippen LogP contribution in [0.4, 0.5) is 4.79 Å². The molecule has 1 rings (SSSR count). The van der Waals surface area contributed by atoms with Gasteiger partial charge in [-0.25, -0.2) is 4.79 Å². The van der Waals surface area contributed by atoms with Crippen LogP contribution in [0.3, 0.4) is 0 Å². The summed E-state index contributed by atoms with van der Waals surface area (Å²) >= 11 is 0. The summed E-state index contributed by atoms with van der Waals surface area (Å²) in [6.45, 7) is 5.88. The highest BCUT2D eigenvalue weighted by Gasteiger charge is 2.15. The number of rotatable bonds is 4. The first-order valence-electron chi connectivity index (χ1n) is 6.76. The third kappa shape index (κ3) is 6.12.